The maximum atomic E-state index is 13.4. The van der Waals surface area contributed by atoms with Gasteiger partial charge in [0.25, 0.3) is 5.91 Å². The Labute approximate surface area is 106 Å². The fourth-order valence-electron chi connectivity index (χ4n) is 1.59. The van der Waals surface area contributed by atoms with Gasteiger partial charge in [0.1, 0.15) is 11.6 Å². The normalized spacial score (nSPS) is 12.3. The van der Waals surface area contributed by atoms with E-state index in [1.165, 1.54) is 13.0 Å². The van der Waals surface area contributed by atoms with Gasteiger partial charge in [0.15, 0.2) is 0 Å². The second kappa shape index (κ2) is 6.44. The van der Waals surface area contributed by atoms with Crippen LogP contribution in [0.2, 0.25) is 0 Å². The summed E-state index contributed by atoms with van der Waals surface area (Å²) in [5, 5.41) is 5.73. The lowest BCUT2D eigenvalue weighted by Gasteiger charge is -2.13. The van der Waals surface area contributed by atoms with Crippen LogP contribution in [0.15, 0.2) is 12.1 Å². The van der Waals surface area contributed by atoms with Crippen molar-refractivity contribution < 1.29 is 13.6 Å². The first-order valence-corrected chi connectivity index (χ1v) is 5.93. The summed E-state index contributed by atoms with van der Waals surface area (Å²) in [5.74, 6) is -2.02. The van der Waals surface area contributed by atoms with Crippen molar-refractivity contribution in [3.05, 3.63) is 34.9 Å². The van der Waals surface area contributed by atoms with Crippen molar-refractivity contribution in [1.29, 1.82) is 0 Å². The molecule has 1 amide bonds. The summed E-state index contributed by atoms with van der Waals surface area (Å²) in [6.45, 7) is 6.55. The summed E-state index contributed by atoms with van der Waals surface area (Å²) in [7, 11) is 0. The maximum absolute atomic E-state index is 13.4. The quantitative estimate of drug-likeness (QED) is 0.846. The summed E-state index contributed by atoms with van der Waals surface area (Å²) < 4.78 is 26.5. The van der Waals surface area contributed by atoms with Crippen molar-refractivity contribution in [1.82, 2.24) is 10.6 Å². The van der Waals surface area contributed by atoms with E-state index in [2.05, 4.69) is 10.6 Å². The highest BCUT2D eigenvalue weighted by molar-refractivity contribution is 5.94. The van der Waals surface area contributed by atoms with Crippen LogP contribution in [0.3, 0.4) is 0 Å². The maximum Gasteiger partial charge on any atom is 0.254 e. The second-order valence-corrected chi connectivity index (χ2v) is 4.25. The molecular weight excluding hydrogens is 238 g/mol. The molecule has 0 unspecified atom stereocenters. The highest BCUT2D eigenvalue weighted by Crippen LogP contribution is 2.13. The van der Waals surface area contributed by atoms with Gasteiger partial charge in [-0.25, -0.2) is 8.78 Å². The average Bonchev–Trinajstić information content (AvgIpc) is 2.31. The van der Waals surface area contributed by atoms with Crippen LogP contribution < -0.4 is 10.6 Å². The molecule has 2 N–H and O–H groups in total. The van der Waals surface area contributed by atoms with Gasteiger partial charge in [0, 0.05) is 18.7 Å². The molecule has 0 spiro atoms. The summed E-state index contributed by atoms with van der Waals surface area (Å²) >= 11 is 0. The minimum absolute atomic E-state index is 0.101. The smallest absolute Gasteiger partial charge is 0.254 e. The number of likely N-dealkylation sites (N-methyl/N-ethyl adjacent to an activating group) is 1. The Morgan fingerprint density at radius 1 is 1.33 bits per heavy atom. The molecule has 5 heteroatoms. The average molecular weight is 256 g/mol. The first-order chi connectivity index (χ1) is 8.45. The van der Waals surface area contributed by atoms with E-state index in [1.54, 1.807) is 0 Å². The predicted molar refractivity (Wildman–Crippen MR) is 66.6 cm³/mol. The standard InChI is InChI=1S/C13H18F2N2O/c1-4-16-9(3)7-17-13(18)10-5-8(2)11(14)6-12(10)15/h5-6,9,16H,4,7H2,1-3H3,(H,17,18)/t9-/m1/s1. The molecule has 0 radical (unpaired) electrons. The van der Waals surface area contributed by atoms with Gasteiger partial charge in [-0.05, 0) is 32.0 Å². The molecular formula is C13H18F2N2O. The van der Waals surface area contributed by atoms with Crippen LogP contribution >= 0.6 is 0 Å². The van der Waals surface area contributed by atoms with Crippen molar-refractivity contribution >= 4 is 5.91 Å². The van der Waals surface area contributed by atoms with Gasteiger partial charge in [-0.3, -0.25) is 4.79 Å². The van der Waals surface area contributed by atoms with E-state index in [0.29, 0.717) is 6.54 Å². The second-order valence-electron chi connectivity index (χ2n) is 4.25. The van der Waals surface area contributed by atoms with Crippen molar-refractivity contribution in [2.75, 3.05) is 13.1 Å². The Hall–Kier alpha value is -1.49. The lowest BCUT2D eigenvalue weighted by Crippen LogP contribution is -2.39. The molecule has 18 heavy (non-hydrogen) atoms. The first kappa shape index (κ1) is 14.6. The molecule has 1 aromatic rings. The molecule has 0 aliphatic carbocycles. The highest BCUT2D eigenvalue weighted by atomic mass is 19.1. The number of nitrogens with one attached hydrogen (secondary N) is 2. The third kappa shape index (κ3) is 3.77. The Morgan fingerprint density at radius 2 is 2.00 bits per heavy atom. The molecule has 0 saturated carbocycles. The van der Waals surface area contributed by atoms with Gasteiger partial charge in [0.2, 0.25) is 0 Å². The summed E-state index contributed by atoms with van der Waals surface area (Å²) in [5.41, 5.74) is 0.124. The van der Waals surface area contributed by atoms with E-state index in [1.807, 2.05) is 13.8 Å². The minimum Gasteiger partial charge on any atom is -0.350 e. The highest BCUT2D eigenvalue weighted by Gasteiger charge is 2.14. The van der Waals surface area contributed by atoms with Crippen molar-refractivity contribution in [3.63, 3.8) is 0 Å². The van der Waals surface area contributed by atoms with Crippen LogP contribution in [0.4, 0.5) is 8.78 Å². The number of carbonyl (C=O) groups excluding carboxylic acids is 1. The third-order valence-corrected chi connectivity index (χ3v) is 2.61. The Balaban J connectivity index is 2.70. The molecule has 0 aliphatic rings. The monoisotopic (exact) mass is 256 g/mol. The van der Waals surface area contributed by atoms with Crippen LogP contribution in [0, 0.1) is 18.6 Å². The molecule has 0 aliphatic heterocycles. The van der Waals surface area contributed by atoms with Gasteiger partial charge in [-0.1, -0.05) is 6.92 Å². The number of amides is 1. The number of hydrogen-bond donors (Lipinski definition) is 2. The summed E-state index contributed by atoms with van der Waals surface area (Å²) in [6, 6.07) is 2.05. The summed E-state index contributed by atoms with van der Waals surface area (Å²) in [6.07, 6.45) is 0. The SMILES string of the molecule is CCN[C@H](C)CNC(=O)c1cc(C)c(F)cc1F. The Morgan fingerprint density at radius 3 is 2.61 bits per heavy atom. The zero-order valence-electron chi connectivity index (χ0n) is 10.8. The Bertz CT molecular complexity index is 435. The predicted octanol–water partition coefficient (Wildman–Crippen LogP) is 2.00. The van der Waals surface area contributed by atoms with Gasteiger partial charge < -0.3 is 10.6 Å². The van der Waals surface area contributed by atoms with Gasteiger partial charge in [-0.2, -0.15) is 0 Å². The number of carbonyl (C=O) groups is 1. The molecule has 3 nitrogen and oxygen atoms in total. The van der Waals surface area contributed by atoms with Crippen LogP contribution in [0.1, 0.15) is 29.8 Å². The molecule has 0 aromatic heterocycles. The number of hydrogen-bond acceptors (Lipinski definition) is 2. The zero-order valence-corrected chi connectivity index (χ0v) is 10.8. The van der Waals surface area contributed by atoms with Crippen LogP contribution in [-0.2, 0) is 0 Å². The number of aryl methyl sites for hydroxylation is 1. The largest absolute Gasteiger partial charge is 0.350 e. The Kier molecular flexibility index (Phi) is 5.22. The van der Waals surface area contributed by atoms with E-state index < -0.39 is 17.5 Å². The lowest BCUT2D eigenvalue weighted by atomic mass is 10.1. The van der Waals surface area contributed by atoms with E-state index in [4.69, 9.17) is 0 Å². The fourth-order valence-corrected chi connectivity index (χ4v) is 1.59. The van der Waals surface area contributed by atoms with Gasteiger partial charge in [0.05, 0.1) is 5.56 Å². The van der Waals surface area contributed by atoms with Crippen molar-refractivity contribution in [2.45, 2.75) is 26.8 Å². The molecule has 0 bridgehead atoms. The number of rotatable bonds is 5. The topological polar surface area (TPSA) is 41.1 Å². The molecule has 1 atom stereocenters. The van der Waals surface area contributed by atoms with Crippen LogP contribution in [0.25, 0.3) is 0 Å². The fraction of sp³-hybridized carbons (Fsp3) is 0.462. The van der Waals surface area contributed by atoms with Crippen LogP contribution in [-0.4, -0.2) is 25.0 Å². The molecule has 1 aromatic carbocycles. The van der Waals surface area contributed by atoms with Gasteiger partial charge >= 0.3 is 0 Å². The van der Waals surface area contributed by atoms with Gasteiger partial charge in [-0.15, -0.1) is 0 Å². The first-order valence-electron chi connectivity index (χ1n) is 5.93. The molecule has 0 heterocycles. The zero-order chi connectivity index (χ0) is 13.7. The van der Waals surface area contributed by atoms with E-state index >= 15 is 0 Å². The molecule has 0 fully saturated rings. The van der Waals surface area contributed by atoms with E-state index in [9.17, 15) is 13.6 Å². The van der Waals surface area contributed by atoms with Crippen molar-refractivity contribution in [3.8, 4) is 0 Å². The number of benzene rings is 1. The van der Waals surface area contributed by atoms with E-state index in [-0.39, 0.29) is 17.2 Å². The van der Waals surface area contributed by atoms with E-state index in [0.717, 1.165) is 12.6 Å². The minimum atomic E-state index is -0.841. The molecule has 100 valence electrons. The summed E-state index contributed by atoms with van der Waals surface area (Å²) in [4.78, 5) is 11.7. The molecule has 1 rings (SSSR count). The lowest BCUT2D eigenvalue weighted by molar-refractivity contribution is 0.0946. The van der Waals surface area contributed by atoms with Crippen molar-refractivity contribution in [2.24, 2.45) is 0 Å². The van der Waals surface area contributed by atoms with Crippen LogP contribution in [0.5, 0.6) is 0 Å². The number of halogens is 2. The third-order valence-electron chi connectivity index (χ3n) is 2.61. The molecule has 0 saturated heterocycles.